The number of fused-ring (bicyclic) bond motifs is 1. The topological polar surface area (TPSA) is 63.9 Å². The molecule has 3 heterocycles. The van der Waals surface area contributed by atoms with E-state index in [0.717, 1.165) is 61.2 Å². The lowest BCUT2D eigenvalue weighted by Gasteiger charge is -2.33. The summed E-state index contributed by atoms with van der Waals surface area (Å²) >= 11 is 0. The van der Waals surface area contributed by atoms with Crippen molar-refractivity contribution in [3.63, 3.8) is 0 Å². The van der Waals surface area contributed by atoms with E-state index in [1.165, 1.54) is 12.8 Å². The zero-order valence-corrected chi connectivity index (χ0v) is 17.1. The van der Waals surface area contributed by atoms with E-state index in [0.29, 0.717) is 17.2 Å². The highest BCUT2D eigenvalue weighted by Crippen LogP contribution is 2.38. The number of aryl methyl sites for hydroxylation is 2. The average Bonchev–Trinajstić information content (AvgIpc) is 3.57. The molecule has 1 aromatic carbocycles. The first-order valence-electron chi connectivity index (χ1n) is 10.6. The summed E-state index contributed by atoms with van der Waals surface area (Å²) in [7, 11) is 0. The summed E-state index contributed by atoms with van der Waals surface area (Å²) in [5.74, 6) is 3.94. The lowest BCUT2D eigenvalue weighted by molar-refractivity contribution is 0.347. The largest absolute Gasteiger partial charge is 0.356 e. The number of hydrogen-bond acceptors (Lipinski definition) is 5. The molecule has 0 amide bonds. The number of para-hydroxylation sites is 1. The van der Waals surface area contributed by atoms with Gasteiger partial charge in [-0.05, 0) is 57.6 Å². The maximum Gasteiger partial charge on any atom is 0.261 e. The smallest absolute Gasteiger partial charge is 0.261 e. The Kier molecular flexibility index (Phi) is 4.57. The Hall–Kier alpha value is -2.76. The zero-order chi connectivity index (χ0) is 20.0. The van der Waals surface area contributed by atoms with Crippen molar-refractivity contribution in [3.8, 4) is 0 Å². The van der Waals surface area contributed by atoms with Crippen molar-refractivity contribution in [2.45, 2.75) is 52.0 Å². The quantitative estimate of drug-likeness (QED) is 0.682. The highest BCUT2D eigenvalue weighted by molar-refractivity contribution is 5.77. The number of hydrogen-bond donors (Lipinski definition) is 0. The van der Waals surface area contributed by atoms with E-state index in [-0.39, 0.29) is 5.56 Å². The zero-order valence-electron chi connectivity index (χ0n) is 17.1. The molecule has 0 N–H and O–H groups in total. The molecule has 5 rings (SSSR count). The van der Waals surface area contributed by atoms with E-state index in [2.05, 4.69) is 27.9 Å². The number of benzene rings is 1. The van der Waals surface area contributed by atoms with Crippen LogP contribution in [0.15, 0.2) is 35.1 Å². The lowest BCUT2D eigenvalue weighted by atomic mass is 9.96. The first-order chi connectivity index (χ1) is 14.1. The Balaban J connectivity index is 1.31. The van der Waals surface area contributed by atoms with Gasteiger partial charge < -0.3 is 4.90 Å². The van der Waals surface area contributed by atoms with Crippen LogP contribution >= 0.6 is 0 Å². The van der Waals surface area contributed by atoms with Gasteiger partial charge in [-0.2, -0.15) is 0 Å². The molecule has 6 heteroatoms. The number of aromatic nitrogens is 4. The van der Waals surface area contributed by atoms with Gasteiger partial charge in [-0.3, -0.25) is 9.36 Å². The molecule has 1 aliphatic heterocycles. The van der Waals surface area contributed by atoms with E-state index in [9.17, 15) is 4.79 Å². The molecule has 0 spiro atoms. The summed E-state index contributed by atoms with van der Waals surface area (Å²) in [6, 6.07) is 9.72. The van der Waals surface area contributed by atoms with Crippen molar-refractivity contribution in [3.05, 3.63) is 58.0 Å². The lowest BCUT2D eigenvalue weighted by Crippen LogP contribution is -2.37. The monoisotopic (exact) mass is 389 g/mol. The maximum absolute atomic E-state index is 12.9. The van der Waals surface area contributed by atoms with Crippen molar-refractivity contribution in [1.82, 2.24) is 19.5 Å². The fourth-order valence-corrected chi connectivity index (χ4v) is 4.36. The molecule has 0 bridgehead atoms. The number of piperidine rings is 1. The first kappa shape index (κ1) is 18.3. The van der Waals surface area contributed by atoms with Gasteiger partial charge >= 0.3 is 0 Å². The fraction of sp³-hybridized carbons (Fsp3) is 0.478. The second-order valence-electron chi connectivity index (χ2n) is 8.52. The Labute approximate surface area is 170 Å². The van der Waals surface area contributed by atoms with Gasteiger partial charge in [0.25, 0.3) is 5.56 Å². The molecule has 0 radical (unpaired) electrons. The van der Waals surface area contributed by atoms with Crippen LogP contribution in [0.3, 0.4) is 0 Å². The van der Waals surface area contributed by atoms with Crippen LogP contribution in [-0.2, 0) is 6.54 Å². The Morgan fingerprint density at radius 2 is 1.76 bits per heavy atom. The molecule has 0 atom stereocenters. The first-order valence-corrected chi connectivity index (χ1v) is 10.6. The minimum atomic E-state index is 0.0797. The number of anilines is 1. The molecular weight excluding hydrogens is 362 g/mol. The molecule has 2 aromatic heterocycles. The standard InChI is InChI=1S/C23H27N5O/c1-15-13-21(26-22(24-15)18-7-8-18)27-11-9-17(10-12-27)14-28-16(2)25-20-6-4-3-5-19(20)23(28)29/h3-6,13,17-18H,7-12,14H2,1-2H3. The molecule has 3 aromatic rings. The highest BCUT2D eigenvalue weighted by atomic mass is 16.1. The van der Waals surface area contributed by atoms with Crippen molar-refractivity contribution in [2.75, 3.05) is 18.0 Å². The van der Waals surface area contributed by atoms with E-state index < -0.39 is 0 Å². The van der Waals surface area contributed by atoms with E-state index in [4.69, 9.17) is 4.98 Å². The van der Waals surface area contributed by atoms with Crippen LogP contribution in [-0.4, -0.2) is 32.6 Å². The van der Waals surface area contributed by atoms with Crippen LogP contribution in [0.5, 0.6) is 0 Å². The average molecular weight is 390 g/mol. The third kappa shape index (κ3) is 3.63. The molecule has 6 nitrogen and oxygen atoms in total. The van der Waals surface area contributed by atoms with Gasteiger partial charge in [0, 0.05) is 37.3 Å². The molecule has 150 valence electrons. The summed E-state index contributed by atoms with van der Waals surface area (Å²) in [4.78, 5) is 29.4. The van der Waals surface area contributed by atoms with Crippen LogP contribution in [0.4, 0.5) is 5.82 Å². The molecule has 2 fully saturated rings. The predicted octanol–water partition coefficient (Wildman–Crippen LogP) is 3.60. The van der Waals surface area contributed by atoms with E-state index >= 15 is 0 Å². The SMILES string of the molecule is Cc1cc(N2CCC(Cn3c(C)nc4ccccc4c3=O)CC2)nc(C2CC2)n1. The van der Waals surface area contributed by atoms with Crippen molar-refractivity contribution in [1.29, 1.82) is 0 Å². The molecule has 29 heavy (non-hydrogen) atoms. The van der Waals surface area contributed by atoms with Gasteiger partial charge in [-0.25, -0.2) is 15.0 Å². The molecule has 2 aliphatic rings. The van der Waals surface area contributed by atoms with Crippen LogP contribution < -0.4 is 10.5 Å². The van der Waals surface area contributed by atoms with E-state index in [1.807, 2.05) is 35.8 Å². The summed E-state index contributed by atoms with van der Waals surface area (Å²) < 4.78 is 1.86. The Morgan fingerprint density at radius 3 is 2.52 bits per heavy atom. The van der Waals surface area contributed by atoms with Crippen LogP contribution in [0.25, 0.3) is 10.9 Å². The second kappa shape index (κ2) is 7.25. The number of nitrogens with zero attached hydrogens (tertiary/aromatic N) is 5. The maximum atomic E-state index is 12.9. The highest BCUT2D eigenvalue weighted by Gasteiger charge is 2.28. The van der Waals surface area contributed by atoms with Gasteiger partial charge in [-0.1, -0.05) is 12.1 Å². The van der Waals surface area contributed by atoms with Gasteiger partial charge in [0.2, 0.25) is 0 Å². The summed E-state index contributed by atoms with van der Waals surface area (Å²) in [5, 5.41) is 0.708. The number of rotatable bonds is 4. The summed E-state index contributed by atoms with van der Waals surface area (Å²) in [6.07, 6.45) is 4.55. The normalized spacial score (nSPS) is 17.8. The van der Waals surface area contributed by atoms with Gasteiger partial charge in [0.1, 0.15) is 17.5 Å². The molecular formula is C23H27N5O. The Morgan fingerprint density at radius 1 is 1.00 bits per heavy atom. The van der Waals surface area contributed by atoms with Crippen molar-refractivity contribution < 1.29 is 0 Å². The van der Waals surface area contributed by atoms with Crippen molar-refractivity contribution >= 4 is 16.7 Å². The summed E-state index contributed by atoms with van der Waals surface area (Å²) in [6.45, 7) is 6.68. The third-order valence-electron chi connectivity index (χ3n) is 6.23. The minimum absolute atomic E-state index is 0.0797. The van der Waals surface area contributed by atoms with Gasteiger partial charge in [0.15, 0.2) is 0 Å². The van der Waals surface area contributed by atoms with Crippen LogP contribution in [0.1, 0.15) is 48.9 Å². The van der Waals surface area contributed by atoms with Crippen LogP contribution in [0.2, 0.25) is 0 Å². The predicted molar refractivity (Wildman–Crippen MR) is 114 cm³/mol. The summed E-state index contributed by atoms with van der Waals surface area (Å²) in [5.41, 5.74) is 1.92. The van der Waals surface area contributed by atoms with Gasteiger partial charge in [0.05, 0.1) is 10.9 Å². The molecule has 1 aliphatic carbocycles. The fourth-order valence-electron chi connectivity index (χ4n) is 4.36. The Bertz CT molecular complexity index is 1110. The molecule has 1 saturated heterocycles. The second-order valence-corrected chi connectivity index (χ2v) is 8.52. The third-order valence-corrected chi connectivity index (χ3v) is 6.23. The minimum Gasteiger partial charge on any atom is -0.356 e. The molecule has 1 saturated carbocycles. The van der Waals surface area contributed by atoms with Crippen molar-refractivity contribution in [2.24, 2.45) is 5.92 Å². The van der Waals surface area contributed by atoms with E-state index in [1.54, 1.807) is 0 Å². The molecule has 0 unspecified atom stereocenters. The van der Waals surface area contributed by atoms with Crippen LogP contribution in [0, 0.1) is 19.8 Å². The van der Waals surface area contributed by atoms with Gasteiger partial charge in [-0.15, -0.1) is 0 Å².